The Hall–Kier alpha value is -2.87. The summed E-state index contributed by atoms with van der Waals surface area (Å²) in [6.45, 7) is 10.8. The molecule has 0 bridgehead atoms. The van der Waals surface area contributed by atoms with Crippen molar-refractivity contribution in [3.8, 4) is 11.6 Å². The highest BCUT2D eigenvalue weighted by molar-refractivity contribution is 5.33. The maximum absolute atomic E-state index is 5.86. The number of rotatable bonds is 9. The summed E-state index contributed by atoms with van der Waals surface area (Å²) in [6.07, 6.45) is 5.07. The molecule has 2 heteroatoms. The summed E-state index contributed by atoms with van der Waals surface area (Å²) in [5.41, 5.74) is 3.72. The summed E-state index contributed by atoms with van der Waals surface area (Å²) in [5, 5.41) is 0. The predicted molar refractivity (Wildman–Crippen MR) is 122 cm³/mol. The Kier molecular flexibility index (Phi) is 6.87. The van der Waals surface area contributed by atoms with Gasteiger partial charge in [0.05, 0.1) is 0 Å². The van der Waals surface area contributed by atoms with Gasteiger partial charge >= 0.3 is 0 Å². The van der Waals surface area contributed by atoms with Crippen molar-refractivity contribution in [2.24, 2.45) is 0 Å². The zero-order chi connectivity index (χ0) is 20.7. The number of hydrogen-bond donors (Lipinski definition) is 0. The number of ether oxygens (including phenoxy) is 1. The van der Waals surface area contributed by atoms with E-state index in [9.17, 15) is 0 Å². The first-order valence-corrected chi connectivity index (χ1v) is 10.4. The lowest BCUT2D eigenvalue weighted by Gasteiger charge is -2.27. The molecule has 3 aromatic rings. The van der Waals surface area contributed by atoms with Crippen molar-refractivity contribution in [3.63, 3.8) is 0 Å². The third kappa shape index (κ3) is 5.57. The molecule has 0 amide bonds. The van der Waals surface area contributed by atoms with E-state index in [4.69, 9.17) is 4.74 Å². The van der Waals surface area contributed by atoms with Gasteiger partial charge in [-0.2, -0.15) is 0 Å². The van der Waals surface area contributed by atoms with Gasteiger partial charge in [-0.05, 0) is 54.5 Å². The van der Waals surface area contributed by atoms with Crippen LogP contribution < -0.4 is 4.74 Å². The average molecular weight is 386 g/mol. The van der Waals surface area contributed by atoms with Crippen molar-refractivity contribution in [3.05, 3.63) is 102 Å². The van der Waals surface area contributed by atoms with Crippen molar-refractivity contribution in [2.75, 3.05) is 0 Å². The Morgan fingerprint density at radius 1 is 0.966 bits per heavy atom. The van der Waals surface area contributed by atoms with Gasteiger partial charge in [0.1, 0.15) is 5.75 Å². The number of para-hydroxylation sites is 1. The molecule has 29 heavy (non-hydrogen) atoms. The molecule has 0 saturated heterocycles. The SMILES string of the molecule is C=CC(C)(CCCc1cccc(Oc2ccccc2)n1)c1ccc(C(C)C)cc1. The number of aromatic nitrogens is 1. The fraction of sp³-hybridized carbons (Fsp3) is 0.296. The van der Waals surface area contributed by atoms with E-state index < -0.39 is 0 Å². The molecule has 1 aromatic heterocycles. The molecule has 0 fully saturated rings. The predicted octanol–water partition coefficient (Wildman–Crippen LogP) is 7.46. The molecule has 0 spiro atoms. The first-order chi connectivity index (χ1) is 14.0. The molecule has 1 heterocycles. The summed E-state index contributed by atoms with van der Waals surface area (Å²) >= 11 is 0. The highest BCUT2D eigenvalue weighted by Crippen LogP contribution is 2.32. The molecule has 0 saturated carbocycles. The van der Waals surface area contributed by atoms with Crippen LogP contribution in [-0.4, -0.2) is 4.98 Å². The Balaban J connectivity index is 1.61. The first-order valence-electron chi connectivity index (χ1n) is 10.4. The minimum atomic E-state index is -0.0341. The maximum atomic E-state index is 5.86. The molecule has 0 N–H and O–H groups in total. The van der Waals surface area contributed by atoms with E-state index in [2.05, 4.69) is 68.7 Å². The molecule has 3 rings (SSSR count). The summed E-state index contributed by atoms with van der Waals surface area (Å²) in [7, 11) is 0. The van der Waals surface area contributed by atoms with E-state index in [1.165, 1.54) is 11.1 Å². The third-order valence-corrected chi connectivity index (χ3v) is 5.56. The van der Waals surface area contributed by atoms with Crippen molar-refractivity contribution in [1.82, 2.24) is 4.98 Å². The number of aryl methyl sites for hydroxylation is 1. The van der Waals surface area contributed by atoms with Crippen LogP contribution in [0.2, 0.25) is 0 Å². The summed E-state index contributed by atoms with van der Waals surface area (Å²) in [5.74, 6) is 2.00. The Bertz CT molecular complexity index is 915. The van der Waals surface area contributed by atoms with Gasteiger partial charge in [0, 0.05) is 17.2 Å². The molecule has 1 unspecified atom stereocenters. The molecular weight excluding hydrogens is 354 g/mol. The maximum Gasteiger partial charge on any atom is 0.219 e. The Morgan fingerprint density at radius 3 is 2.34 bits per heavy atom. The van der Waals surface area contributed by atoms with E-state index in [-0.39, 0.29) is 5.41 Å². The number of nitrogens with zero attached hydrogens (tertiary/aromatic N) is 1. The normalized spacial score (nSPS) is 13.1. The van der Waals surface area contributed by atoms with Gasteiger partial charge < -0.3 is 4.74 Å². The van der Waals surface area contributed by atoms with E-state index in [1.54, 1.807) is 0 Å². The lowest BCUT2D eigenvalue weighted by molar-refractivity contribution is 0.458. The minimum Gasteiger partial charge on any atom is -0.439 e. The van der Waals surface area contributed by atoms with Crippen molar-refractivity contribution < 1.29 is 4.74 Å². The summed E-state index contributed by atoms with van der Waals surface area (Å²) in [4.78, 5) is 4.67. The molecule has 1 atom stereocenters. The minimum absolute atomic E-state index is 0.0341. The second-order valence-corrected chi connectivity index (χ2v) is 8.13. The fourth-order valence-electron chi connectivity index (χ4n) is 3.51. The van der Waals surface area contributed by atoms with Gasteiger partial charge in [0.15, 0.2) is 0 Å². The highest BCUT2D eigenvalue weighted by Gasteiger charge is 2.22. The van der Waals surface area contributed by atoms with Gasteiger partial charge in [0.2, 0.25) is 5.88 Å². The quantitative estimate of drug-likeness (QED) is 0.357. The largest absolute Gasteiger partial charge is 0.439 e. The van der Waals surface area contributed by atoms with Crippen molar-refractivity contribution in [2.45, 2.75) is 51.4 Å². The van der Waals surface area contributed by atoms with Crippen LogP contribution in [0.5, 0.6) is 11.6 Å². The second kappa shape index (κ2) is 9.56. The fourth-order valence-corrected chi connectivity index (χ4v) is 3.51. The van der Waals surface area contributed by atoms with Gasteiger partial charge in [-0.15, -0.1) is 6.58 Å². The first kappa shape index (κ1) is 20.9. The highest BCUT2D eigenvalue weighted by atomic mass is 16.5. The zero-order valence-corrected chi connectivity index (χ0v) is 17.8. The molecular formula is C27H31NO. The third-order valence-electron chi connectivity index (χ3n) is 5.56. The van der Waals surface area contributed by atoms with Gasteiger partial charge in [-0.25, -0.2) is 4.98 Å². The lowest BCUT2D eigenvalue weighted by Crippen LogP contribution is -2.19. The number of benzene rings is 2. The van der Waals surface area contributed by atoms with E-state index in [0.29, 0.717) is 11.8 Å². The monoisotopic (exact) mass is 385 g/mol. The number of pyridine rings is 1. The van der Waals surface area contributed by atoms with Crippen molar-refractivity contribution in [1.29, 1.82) is 0 Å². The topological polar surface area (TPSA) is 22.1 Å². The van der Waals surface area contributed by atoms with Crippen LogP contribution in [0.25, 0.3) is 0 Å². The van der Waals surface area contributed by atoms with Crippen LogP contribution in [0.3, 0.4) is 0 Å². The van der Waals surface area contributed by atoms with Crippen LogP contribution in [0.1, 0.15) is 56.4 Å². The second-order valence-electron chi connectivity index (χ2n) is 8.13. The van der Waals surface area contributed by atoms with E-state index in [0.717, 1.165) is 30.7 Å². The molecule has 0 radical (unpaired) electrons. The standard InChI is InChI=1S/C27H31NO/c1-5-27(4,23-18-16-22(17-19-23)21(2)3)20-10-12-24-11-9-15-26(28-24)29-25-13-7-6-8-14-25/h5-9,11,13-19,21H,1,10,12,20H2,2-4H3. The molecule has 0 aliphatic carbocycles. The molecule has 2 aromatic carbocycles. The van der Waals surface area contributed by atoms with Crippen LogP contribution in [0, 0.1) is 0 Å². The molecule has 2 nitrogen and oxygen atoms in total. The van der Waals surface area contributed by atoms with Gasteiger partial charge in [-0.3, -0.25) is 0 Å². The van der Waals surface area contributed by atoms with E-state index in [1.807, 2.05) is 42.5 Å². The lowest BCUT2D eigenvalue weighted by atomic mass is 9.77. The Labute approximate surface area is 175 Å². The molecule has 150 valence electrons. The average Bonchev–Trinajstić information content (AvgIpc) is 2.74. The molecule has 0 aliphatic heterocycles. The molecule has 0 aliphatic rings. The van der Waals surface area contributed by atoms with Crippen LogP contribution in [0.4, 0.5) is 0 Å². The Morgan fingerprint density at radius 2 is 1.69 bits per heavy atom. The zero-order valence-electron chi connectivity index (χ0n) is 17.8. The van der Waals surface area contributed by atoms with Gasteiger partial charge in [-0.1, -0.05) is 75.4 Å². The van der Waals surface area contributed by atoms with E-state index >= 15 is 0 Å². The summed E-state index contributed by atoms with van der Waals surface area (Å²) < 4.78 is 5.86. The van der Waals surface area contributed by atoms with Crippen LogP contribution >= 0.6 is 0 Å². The van der Waals surface area contributed by atoms with Crippen molar-refractivity contribution >= 4 is 0 Å². The summed E-state index contributed by atoms with van der Waals surface area (Å²) in [6, 6.07) is 24.8. The van der Waals surface area contributed by atoms with Gasteiger partial charge in [0.25, 0.3) is 0 Å². The van der Waals surface area contributed by atoms with Crippen LogP contribution in [0.15, 0.2) is 85.5 Å². The van der Waals surface area contributed by atoms with Crippen LogP contribution in [-0.2, 0) is 11.8 Å². The number of allylic oxidation sites excluding steroid dienone is 1. The number of hydrogen-bond acceptors (Lipinski definition) is 2. The smallest absolute Gasteiger partial charge is 0.219 e.